The molecular weight excluding hydrogens is 372 g/mol. The van der Waals surface area contributed by atoms with Gasteiger partial charge in [-0.3, -0.25) is 20.4 Å². The summed E-state index contributed by atoms with van der Waals surface area (Å²) < 4.78 is 10.9. The molecule has 2 aromatic carbocycles. The Morgan fingerprint density at radius 3 is 2.19 bits per heavy atom. The first-order valence-corrected chi connectivity index (χ1v) is 10.1. The van der Waals surface area contributed by atoms with Crippen LogP contribution in [0.2, 0.25) is 0 Å². The maximum absolute atomic E-state index is 12.2. The van der Waals surface area contributed by atoms with Crippen LogP contribution in [0.4, 0.5) is 0 Å². The second-order valence-corrected chi connectivity index (χ2v) is 8.40. The van der Waals surface area contributed by atoms with Gasteiger partial charge in [0, 0.05) is 22.6 Å². The average Bonchev–Trinajstić information content (AvgIpc) is 3.37. The quantitative estimate of drug-likeness (QED) is 0.788. The van der Waals surface area contributed by atoms with Gasteiger partial charge in [-0.2, -0.15) is 0 Å². The van der Waals surface area contributed by atoms with Crippen LogP contribution in [0, 0.1) is 0 Å². The zero-order valence-electron chi connectivity index (χ0n) is 13.7. The van der Waals surface area contributed by atoms with E-state index < -0.39 is 5.91 Å². The van der Waals surface area contributed by atoms with Crippen molar-refractivity contribution in [3.05, 3.63) is 59.2 Å². The minimum atomic E-state index is -0.424. The molecule has 2 amide bonds. The Morgan fingerprint density at radius 2 is 1.46 bits per heavy atom. The van der Waals surface area contributed by atoms with Crippen molar-refractivity contribution in [3.8, 4) is 11.5 Å². The molecule has 0 aliphatic carbocycles. The predicted octanol–water partition coefficient (Wildman–Crippen LogP) is 2.97. The van der Waals surface area contributed by atoms with E-state index >= 15 is 0 Å². The van der Waals surface area contributed by atoms with Crippen molar-refractivity contribution in [2.45, 2.75) is 4.58 Å². The summed E-state index contributed by atoms with van der Waals surface area (Å²) in [5.41, 5.74) is 6.92. The van der Waals surface area contributed by atoms with Gasteiger partial charge in [-0.1, -0.05) is 12.1 Å². The molecule has 0 saturated carbocycles. The Labute approximate surface area is 159 Å². The number of rotatable bonds is 3. The molecule has 134 valence electrons. The molecule has 0 aromatic heterocycles. The van der Waals surface area contributed by atoms with Gasteiger partial charge in [0.1, 0.15) is 0 Å². The maximum Gasteiger partial charge on any atom is 0.269 e. The Kier molecular flexibility index (Phi) is 4.94. The molecule has 26 heavy (non-hydrogen) atoms. The lowest BCUT2D eigenvalue weighted by Crippen LogP contribution is -2.41. The zero-order valence-corrected chi connectivity index (χ0v) is 15.3. The number of benzene rings is 2. The summed E-state index contributed by atoms with van der Waals surface area (Å²) in [6.07, 6.45) is 0. The topological polar surface area (TPSA) is 76.7 Å². The predicted molar refractivity (Wildman–Crippen MR) is 102 cm³/mol. The zero-order chi connectivity index (χ0) is 17.9. The third-order valence-electron chi connectivity index (χ3n) is 3.99. The highest BCUT2D eigenvalue weighted by Gasteiger charge is 2.19. The molecule has 0 spiro atoms. The number of hydrazine groups is 1. The number of thioether (sulfide) groups is 2. The normalized spacial score (nSPS) is 15.7. The minimum absolute atomic E-state index is 0.144. The molecule has 2 aromatic rings. The van der Waals surface area contributed by atoms with E-state index in [1.54, 1.807) is 30.3 Å². The van der Waals surface area contributed by atoms with Crippen molar-refractivity contribution in [1.82, 2.24) is 10.9 Å². The molecule has 8 heteroatoms. The molecule has 0 radical (unpaired) electrons. The highest BCUT2D eigenvalue weighted by molar-refractivity contribution is 8.19. The summed E-state index contributed by atoms with van der Waals surface area (Å²) in [7, 11) is 0. The molecule has 6 nitrogen and oxygen atoms in total. The Bertz CT molecular complexity index is 836. The van der Waals surface area contributed by atoms with Crippen LogP contribution in [0.3, 0.4) is 0 Å². The number of carbonyl (C=O) groups excluding carboxylic acids is 2. The van der Waals surface area contributed by atoms with Crippen molar-refractivity contribution in [3.63, 3.8) is 0 Å². The van der Waals surface area contributed by atoms with Gasteiger partial charge in [0.25, 0.3) is 11.8 Å². The summed E-state index contributed by atoms with van der Waals surface area (Å²) in [5, 5.41) is 0. The summed E-state index contributed by atoms with van der Waals surface area (Å²) in [4.78, 5) is 24.4. The van der Waals surface area contributed by atoms with E-state index in [0.717, 1.165) is 11.5 Å². The molecule has 2 aliphatic rings. The summed E-state index contributed by atoms with van der Waals surface area (Å²) in [6.45, 7) is 0.144. The van der Waals surface area contributed by atoms with Gasteiger partial charge in [0.15, 0.2) is 11.5 Å². The SMILES string of the molecule is O=C(NNC(=O)c1ccc2c(c1)OCO2)c1ccc(C2SCCS2)cc1. The van der Waals surface area contributed by atoms with Gasteiger partial charge < -0.3 is 9.47 Å². The number of hydrogen-bond donors (Lipinski definition) is 2. The number of fused-ring (bicyclic) bond motifs is 1. The van der Waals surface area contributed by atoms with E-state index in [0.29, 0.717) is 27.2 Å². The van der Waals surface area contributed by atoms with Crippen LogP contribution in [0.15, 0.2) is 42.5 Å². The third kappa shape index (κ3) is 3.61. The smallest absolute Gasteiger partial charge is 0.269 e. The molecular formula is C18H16N2O4S2. The number of carbonyl (C=O) groups is 2. The van der Waals surface area contributed by atoms with E-state index in [9.17, 15) is 9.59 Å². The van der Waals surface area contributed by atoms with Crippen LogP contribution < -0.4 is 20.3 Å². The number of hydrogen-bond acceptors (Lipinski definition) is 6. The van der Waals surface area contributed by atoms with Crippen LogP contribution in [0.1, 0.15) is 30.9 Å². The van der Waals surface area contributed by atoms with Gasteiger partial charge in [-0.25, -0.2) is 0 Å². The lowest BCUT2D eigenvalue weighted by atomic mass is 10.1. The minimum Gasteiger partial charge on any atom is -0.454 e. The van der Waals surface area contributed by atoms with Crippen molar-refractivity contribution in [1.29, 1.82) is 0 Å². The van der Waals surface area contributed by atoms with Crippen LogP contribution in [0.5, 0.6) is 11.5 Å². The number of ether oxygens (including phenoxy) is 2. The van der Waals surface area contributed by atoms with Crippen molar-refractivity contribution < 1.29 is 19.1 Å². The van der Waals surface area contributed by atoms with Gasteiger partial charge in [0.2, 0.25) is 6.79 Å². The first-order chi connectivity index (χ1) is 12.7. The fourth-order valence-electron chi connectivity index (χ4n) is 2.64. The molecule has 0 bridgehead atoms. The van der Waals surface area contributed by atoms with E-state index in [-0.39, 0.29) is 12.7 Å². The van der Waals surface area contributed by atoms with E-state index in [1.807, 2.05) is 35.7 Å². The fourth-order valence-corrected chi connectivity index (χ4v) is 5.50. The van der Waals surface area contributed by atoms with Gasteiger partial charge in [0.05, 0.1) is 4.58 Å². The lowest BCUT2D eigenvalue weighted by molar-refractivity contribution is 0.0846. The van der Waals surface area contributed by atoms with Crippen LogP contribution >= 0.6 is 23.5 Å². The van der Waals surface area contributed by atoms with Crippen molar-refractivity contribution in [2.75, 3.05) is 18.3 Å². The van der Waals surface area contributed by atoms with Crippen LogP contribution in [-0.2, 0) is 0 Å². The average molecular weight is 388 g/mol. The Hall–Kier alpha value is -2.32. The fraction of sp³-hybridized carbons (Fsp3) is 0.222. The summed E-state index contributed by atoms with van der Waals surface area (Å²) >= 11 is 3.83. The van der Waals surface area contributed by atoms with Gasteiger partial charge >= 0.3 is 0 Å². The summed E-state index contributed by atoms with van der Waals surface area (Å²) in [6, 6.07) is 12.3. The molecule has 4 rings (SSSR count). The van der Waals surface area contributed by atoms with Crippen LogP contribution in [0.25, 0.3) is 0 Å². The van der Waals surface area contributed by atoms with Gasteiger partial charge in [-0.15, -0.1) is 23.5 Å². The standard InChI is InChI=1S/C18H16N2O4S2/c21-16(11-1-3-12(4-2-11)18-25-7-8-26-18)19-20-17(22)13-5-6-14-15(9-13)24-10-23-14/h1-6,9,18H,7-8,10H2,(H,19,21)(H,20,22). The molecule has 1 saturated heterocycles. The number of amides is 2. The van der Waals surface area contributed by atoms with Crippen LogP contribution in [-0.4, -0.2) is 30.1 Å². The van der Waals surface area contributed by atoms with Crippen molar-refractivity contribution in [2.24, 2.45) is 0 Å². The molecule has 2 N–H and O–H groups in total. The highest BCUT2D eigenvalue weighted by atomic mass is 32.2. The van der Waals surface area contributed by atoms with E-state index in [4.69, 9.17) is 9.47 Å². The molecule has 0 unspecified atom stereocenters. The highest BCUT2D eigenvalue weighted by Crippen LogP contribution is 2.45. The Morgan fingerprint density at radius 1 is 0.846 bits per heavy atom. The van der Waals surface area contributed by atoms with Gasteiger partial charge in [-0.05, 0) is 35.9 Å². The first kappa shape index (κ1) is 17.1. The van der Waals surface area contributed by atoms with E-state index in [2.05, 4.69) is 10.9 Å². The largest absolute Gasteiger partial charge is 0.454 e. The second kappa shape index (κ2) is 7.51. The monoisotopic (exact) mass is 388 g/mol. The first-order valence-electron chi connectivity index (χ1n) is 8.04. The maximum atomic E-state index is 12.2. The Balaban J connectivity index is 1.35. The van der Waals surface area contributed by atoms with Crippen molar-refractivity contribution >= 4 is 35.3 Å². The lowest BCUT2D eigenvalue weighted by Gasteiger charge is -2.10. The van der Waals surface area contributed by atoms with E-state index in [1.165, 1.54) is 5.56 Å². The third-order valence-corrected chi connectivity index (χ3v) is 7.10. The molecule has 1 fully saturated rings. The molecule has 2 aliphatic heterocycles. The molecule has 0 atom stereocenters. The number of nitrogens with one attached hydrogen (secondary N) is 2. The molecule has 2 heterocycles. The second-order valence-electron chi connectivity index (χ2n) is 5.67. The summed E-state index contributed by atoms with van der Waals surface area (Å²) in [5.74, 6) is 2.64.